The monoisotopic (exact) mass is 440 g/mol. The molecule has 1 unspecified atom stereocenters. The zero-order chi connectivity index (χ0) is 20.7. The van der Waals surface area contributed by atoms with E-state index in [1.165, 1.54) is 27.2 Å². The maximum atomic E-state index is 12.8. The van der Waals surface area contributed by atoms with E-state index in [1.807, 2.05) is 24.3 Å². The SMILES string of the molecule is CN(C)C(=O)CC1C(=O)C(=Cc2ccc3c(c2)Sc2ccccc2N3C)SC1=S. The molecule has 2 aromatic rings. The number of carbonyl (C=O) groups excluding carboxylic acids is 2. The molecule has 2 aliphatic heterocycles. The van der Waals surface area contributed by atoms with Crippen LogP contribution in [0.25, 0.3) is 6.08 Å². The Bertz CT molecular complexity index is 1060. The highest BCUT2D eigenvalue weighted by Crippen LogP contribution is 2.48. The van der Waals surface area contributed by atoms with E-state index in [4.69, 9.17) is 12.2 Å². The third-order valence-electron chi connectivity index (χ3n) is 5.02. The molecule has 0 aliphatic carbocycles. The molecule has 1 fully saturated rings. The molecule has 1 saturated heterocycles. The molecule has 0 bridgehead atoms. The van der Waals surface area contributed by atoms with Gasteiger partial charge in [-0.2, -0.15) is 0 Å². The molecule has 7 heteroatoms. The first-order valence-electron chi connectivity index (χ1n) is 9.17. The second kappa shape index (κ2) is 7.97. The van der Waals surface area contributed by atoms with Crippen molar-refractivity contribution in [2.45, 2.75) is 16.2 Å². The van der Waals surface area contributed by atoms with Crippen LogP contribution >= 0.6 is 35.7 Å². The van der Waals surface area contributed by atoms with E-state index in [0.29, 0.717) is 9.10 Å². The fourth-order valence-electron chi connectivity index (χ4n) is 3.34. The number of thiocarbonyl (C=S) groups is 1. The van der Waals surface area contributed by atoms with Gasteiger partial charge in [-0.1, -0.05) is 53.9 Å². The van der Waals surface area contributed by atoms with Crippen molar-refractivity contribution < 1.29 is 9.59 Å². The number of ketones is 1. The van der Waals surface area contributed by atoms with Gasteiger partial charge in [-0.3, -0.25) is 9.59 Å². The number of amides is 1. The number of anilines is 2. The van der Waals surface area contributed by atoms with E-state index in [1.54, 1.807) is 25.9 Å². The Morgan fingerprint density at radius 2 is 1.86 bits per heavy atom. The second-order valence-electron chi connectivity index (χ2n) is 7.19. The molecule has 0 spiro atoms. The third-order valence-corrected chi connectivity index (χ3v) is 7.69. The number of allylic oxidation sites excluding steroid dienone is 1. The predicted molar refractivity (Wildman–Crippen MR) is 125 cm³/mol. The Kier molecular flexibility index (Phi) is 5.55. The van der Waals surface area contributed by atoms with Gasteiger partial charge < -0.3 is 9.80 Å². The van der Waals surface area contributed by atoms with Crippen molar-refractivity contribution in [2.75, 3.05) is 26.0 Å². The highest BCUT2D eigenvalue weighted by Gasteiger charge is 2.37. The Balaban J connectivity index is 1.60. The summed E-state index contributed by atoms with van der Waals surface area (Å²) in [6.45, 7) is 0. The van der Waals surface area contributed by atoms with Crippen LogP contribution in [0, 0.1) is 5.92 Å². The molecule has 1 atom stereocenters. The smallest absolute Gasteiger partial charge is 0.223 e. The summed E-state index contributed by atoms with van der Waals surface area (Å²) < 4.78 is 0.581. The van der Waals surface area contributed by atoms with E-state index in [-0.39, 0.29) is 18.1 Å². The number of thioether (sulfide) groups is 1. The van der Waals surface area contributed by atoms with Crippen LogP contribution < -0.4 is 4.90 Å². The molecule has 0 saturated carbocycles. The van der Waals surface area contributed by atoms with Gasteiger partial charge in [0.25, 0.3) is 0 Å². The van der Waals surface area contributed by atoms with Crippen molar-refractivity contribution >= 4 is 69.1 Å². The van der Waals surface area contributed by atoms with Crippen LogP contribution in [0.5, 0.6) is 0 Å². The van der Waals surface area contributed by atoms with E-state index < -0.39 is 5.92 Å². The summed E-state index contributed by atoms with van der Waals surface area (Å²) in [4.78, 5) is 31.5. The summed E-state index contributed by atoms with van der Waals surface area (Å²) in [5.41, 5.74) is 3.30. The number of para-hydroxylation sites is 1. The average Bonchev–Trinajstić information content (AvgIpc) is 2.95. The fraction of sp³-hybridized carbons (Fsp3) is 0.227. The molecule has 2 aliphatic rings. The third kappa shape index (κ3) is 3.86. The molecular formula is C22H20N2O2S3. The van der Waals surface area contributed by atoms with Crippen LogP contribution in [0.2, 0.25) is 0 Å². The number of rotatable bonds is 3. The maximum Gasteiger partial charge on any atom is 0.223 e. The summed E-state index contributed by atoms with van der Waals surface area (Å²) in [7, 11) is 5.44. The normalized spacial score (nSPS) is 19.3. The van der Waals surface area contributed by atoms with Gasteiger partial charge in [0.2, 0.25) is 5.91 Å². The first-order chi connectivity index (χ1) is 13.8. The first-order valence-corrected chi connectivity index (χ1v) is 11.2. The largest absolute Gasteiger partial charge is 0.349 e. The zero-order valence-corrected chi connectivity index (χ0v) is 18.8. The molecule has 0 radical (unpaired) electrons. The lowest BCUT2D eigenvalue weighted by atomic mass is 10.0. The van der Waals surface area contributed by atoms with E-state index in [0.717, 1.165) is 16.1 Å². The zero-order valence-electron chi connectivity index (χ0n) is 16.3. The van der Waals surface area contributed by atoms with Gasteiger partial charge in [0.05, 0.1) is 26.4 Å². The summed E-state index contributed by atoms with van der Waals surface area (Å²) in [5.74, 6) is -0.649. The van der Waals surface area contributed by atoms with Crippen molar-refractivity contribution in [1.82, 2.24) is 4.90 Å². The van der Waals surface area contributed by atoms with Crippen LogP contribution in [-0.4, -0.2) is 41.9 Å². The molecule has 148 valence electrons. The highest BCUT2D eigenvalue weighted by atomic mass is 32.2. The minimum atomic E-state index is -0.513. The van der Waals surface area contributed by atoms with E-state index in [9.17, 15) is 9.59 Å². The number of fused-ring (bicyclic) bond motifs is 2. The lowest BCUT2D eigenvalue weighted by Gasteiger charge is -2.29. The Morgan fingerprint density at radius 1 is 1.14 bits per heavy atom. The summed E-state index contributed by atoms with van der Waals surface area (Å²) in [6, 6.07) is 14.5. The van der Waals surface area contributed by atoms with Crippen molar-refractivity contribution in [3.8, 4) is 0 Å². The lowest BCUT2D eigenvalue weighted by Crippen LogP contribution is -2.27. The van der Waals surface area contributed by atoms with Crippen LogP contribution in [0.15, 0.2) is 57.2 Å². The van der Waals surface area contributed by atoms with Crippen molar-refractivity contribution in [2.24, 2.45) is 5.92 Å². The Hall–Kier alpha value is -2.09. The van der Waals surface area contributed by atoms with Crippen LogP contribution in [0.4, 0.5) is 11.4 Å². The van der Waals surface area contributed by atoms with Gasteiger partial charge in [0, 0.05) is 37.4 Å². The van der Waals surface area contributed by atoms with Gasteiger partial charge in [-0.05, 0) is 35.9 Å². The molecule has 29 heavy (non-hydrogen) atoms. The van der Waals surface area contributed by atoms with Gasteiger partial charge in [0.1, 0.15) is 0 Å². The molecule has 2 heterocycles. The molecule has 2 aromatic carbocycles. The number of hydrogen-bond donors (Lipinski definition) is 0. The average molecular weight is 441 g/mol. The fourth-order valence-corrected chi connectivity index (χ4v) is 5.99. The number of hydrogen-bond acceptors (Lipinski definition) is 6. The van der Waals surface area contributed by atoms with Gasteiger partial charge in [0.15, 0.2) is 5.78 Å². The first kappa shape index (κ1) is 20.2. The second-order valence-corrected chi connectivity index (χ2v) is 10.1. The number of nitrogens with zero attached hydrogens (tertiary/aromatic N) is 2. The van der Waals surface area contributed by atoms with Crippen molar-refractivity contribution in [3.05, 3.63) is 52.9 Å². The summed E-state index contributed by atoms with van der Waals surface area (Å²) >= 11 is 8.44. The van der Waals surface area contributed by atoms with Crippen LogP contribution in [0.3, 0.4) is 0 Å². The maximum absolute atomic E-state index is 12.8. The topological polar surface area (TPSA) is 40.6 Å². The van der Waals surface area contributed by atoms with Crippen molar-refractivity contribution in [1.29, 1.82) is 0 Å². The van der Waals surface area contributed by atoms with Crippen LogP contribution in [0.1, 0.15) is 12.0 Å². The molecule has 0 N–H and O–H groups in total. The molecule has 1 amide bonds. The molecular weight excluding hydrogens is 420 g/mol. The predicted octanol–water partition coefficient (Wildman–Crippen LogP) is 5.00. The van der Waals surface area contributed by atoms with Gasteiger partial charge >= 0.3 is 0 Å². The minimum absolute atomic E-state index is 0.0527. The Morgan fingerprint density at radius 3 is 2.62 bits per heavy atom. The minimum Gasteiger partial charge on any atom is -0.349 e. The quantitative estimate of drug-likeness (QED) is 0.494. The number of carbonyl (C=O) groups is 2. The molecule has 4 nitrogen and oxygen atoms in total. The molecule has 4 rings (SSSR count). The number of Topliss-reactive ketones (excluding diaryl/α,β-unsaturated/α-hetero) is 1. The van der Waals surface area contributed by atoms with Crippen molar-refractivity contribution in [3.63, 3.8) is 0 Å². The summed E-state index contributed by atoms with van der Waals surface area (Å²) in [5, 5.41) is 0. The van der Waals surface area contributed by atoms with Crippen LogP contribution in [-0.2, 0) is 9.59 Å². The Labute approximate surface area is 184 Å². The lowest BCUT2D eigenvalue weighted by molar-refractivity contribution is -0.131. The highest BCUT2D eigenvalue weighted by molar-refractivity contribution is 8.27. The summed E-state index contributed by atoms with van der Waals surface area (Å²) in [6.07, 6.45) is 2.03. The standard InChI is InChI=1S/C22H20N2O2S3/c1-23(2)20(25)12-14-21(26)19(29-22(14)27)11-13-8-9-16-18(10-13)28-17-7-5-4-6-15(17)24(16)3/h4-11,14H,12H2,1-3H3. The van der Waals surface area contributed by atoms with Gasteiger partial charge in [-0.25, -0.2) is 0 Å². The number of benzene rings is 2. The van der Waals surface area contributed by atoms with Gasteiger partial charge in [-0.15, -0.1) is 0 Å². The molecule has 0 aromatic heterocycles. The van der Waals surface area contributed by atoms with E-state index >= 15 is 0 Å². The van der Waals surface area contributed by atoms with E-state index in [2.05, 4.69) is 36.2 Å².